The maximum atomic E-state index is 12.6. The SMILES string of the molecule is CCn1nc(C(=O)N2CCN(c3ccccc3O)CC2)ccc1=O. The Morgan fingerprint density at radius 3 is 2.50 bits per heavy atom. The second-order valence-electron chi connectivity index (χ2n) is 5.64. The minimum Gasteiger partial charge on any atom is -0.506 e. The van der Waals surface area contributed by atoms with Crippen molar-refractivity contribution in [1.82, 2.24) is 14.7 Å². The van der Waals surface area contributed by atoms with Crippen LogP contribution in [0.15, 0.2) is 41.2 Å². The van der Waals surface area contributed by atoms with Crippen LogP contribution in [0.4, 0.5) is 5.69 Å². The number of phenolic OH excluding ortho intramolecular Hbond substituents is 1. The van der Waals surface area contributed by atoms with E-state index in [1.807, 2.05) is 19.1 Å². The van der Waals surface area contributed by atoms with E-state index < -0.39 is 0 Å². The minimum absolute atomic E-state index is 0.172. The monoisotopic (exact) mass is 328 g/mol. The van der Waals surface area contributed by atoms with Crippen LogP contribution in [-0.4, -0.2) is 51.9 Å². The highest BCUT2D eigenvalue weighted by molar-refractivity contribution is 5.92. The number of carbonyl (C=O) groups excluding carboxylic acids is 1. The summed E-state index contributed by atoms with van der Waals surface area (Å²) in [6.07, 6.45) is 0. The number of rotatable bonds is 3. The molecule has 7 nitrogen and oxygen atoms in total. The molecule has 1 saturated heterocycles. The summed E-state index contributed by atoms with van der Waals surface area (Å²) in [7, 11) is 0. The Balaban J connectivity index is 1.69. The zero-order chi connectivity index (χ0) is 17.1. The van der Waals surface area contributed by atoms with Crippen molar-refractivity contribution >= 4 is 11.6 Å². The fraction of sp³-hybridized carbons (Fsp3) is 0.353. The Labute approximate surface area is 139 Å². The van der Waals surface area contributed by atoms with Gasteiger partial charge in [-0.2, -0.15) is 5.10 Å². The molecule has 1 aromatic heterocycles. The van der Waals surface area contributed by atoms with Gasteiger partial charge in [0.1, 0.15) is 11.4 Å². The van der Waals surface area contributed by atoms with Crippen molar-refractivity contribution < 1.29 is 9.90 Å². The molecule has 7 heteroatoms. The maximum absolute atomic E-state index is 12.6. The van der Waals surface area contributed by atoms with Crippen molar-refractivity contribution in [3.05, 3.63) is 52.4 Å². The molecule has 0 radical (unpaired) electrons. The van der Waals surface area contributed by atoms with Crippen molar-refractivity contribution in [2.24, 2.45) is 0 Å². The van der Waals surface area contributed by atoms with Gasteiger partial charge in [0.05, 0.1) is 5.69 Å². The van der Waals surface area contributed by atoms with Crippen LogP contribution in [0, 0.1) is 0 Å². The molecule has 1 amide bonds. The highest BCUT2D eigenvalue weighted by Crippen LogP contribution is 2.27. The fourth-order valence-electron chi connectivity index (χ4n) is 2.83. The van der Waals surface area contributed by atoms with Crippen LogP contribution in [0.3, 0.4) is 0 Å². The number of benzene rings is 1. The van der Waals surface area contributed by atoms with Gasteiger partial charge in [-0.3, -0.25) is 9.59 Å². The van der Waals surface area contributed by atoms with Crippen LogP contribution in [0.2, 0.25) is 0 Å². The summed E-state index contributed by atoms with van der Waals surface area (Å²) in [5, 5.41) is 14.1. The Bertz CT molecular complexity index is 794. The number of aryl methyl sites for hydroxylation is 1. The topological polar surface area (TPSA) is 78.7 Å². The third kappa shape index (κ3) is 3.10. The molecular formula is C17H20N4O3. The van der Waals surface area contributed by atoms with Gasteiger partial charge in [0.2, 0.25) is 0 Å². The van der Waals surface area contributed by atoms with Crippen LogP contribution < -0.4 is 10.5 Å². The Morgan fingerprint density at radius 2 is 1.83 bits per heavy atom. The first-order chi connectivity index (χ1) is 11.6. The largest absolute Gasteiger partial charge is 0.506 e. The normalized spacial score (nSPS) is 14.7. The van der Waals surface area contributed by atoms with Crippen molar-refractivity contribution in [2.45, 2.75) is 13.5 Å². The number of anilines is 1. The Kier molecular flexibility index (Phi) is 4.50. The van der Waals surface area contributed by atoms with E-state index in [9.17, 15) is 14.7 Å². The highest BCUT2D eigenvalue weighted by atomic mass is 16.3. The molecule has 24 heavy (non-hydrogen) atoms. The van der Waals surface area contributed by atoms with Crippen molar-refractivity contribution in [1.29, 1.82) is 0 Å². The average Bonchev–Trinajstić information content (AvgIpc) is 2.62. The first kappa shape index (κ1) is 16.0. The van der Waals surface area contributed by atoms with Crippen LogP contribution in [0.1, 0.15) is 17.4 Å². The van der Waals surface area contributed by atoms with E-state index in [-0.39, 0.29) is 22.9 Å². The molecule has 0 unspecified atom stereocenters. The van der Waals surface area contributed by atoms with Crippen LogP contribution >= 0.6 is 0 Å². The smallest absolute Gasteiger partial charge is 0.274 e. The van der Waals surface area contributed by atoms with Gasteiger partial charge < -0.3 is 14.9 Å². The molecule has 2 aromatic rings. The van der Waals surface area contributed by atoms with Gasteiger partial charge in [-0.25, -0.2) is 4.68 Å². The van der Waals surface area contributed by atoms with Crippen molar-refractivity contribution in [2.75, 3.05) is 31.1 Å². The standard InChI is InChI=1S/C17H20N4O3/c1-2-21-16(23)8-7-13(18-21)17(24)20-11-9-19(10-12-20)14-5-3-4-6-15(14)22/h3-8,22H,2,9-12H2,1H3. The lowest BCUT2D eigenvalue weighted by atomic mass is 10.2. The zero-order valence-electron chi connectivity index (χ0n) is 13.6. The Hall–Kier alpha value is -2.83. The highest BCUT2D eigenvalue weighted by Gasteiger charge is 2.24. The second-order valence-corrected chi connectivity index (χ2v) is 5.64. The molecule has 0 aliphatic carbocycles. The van der Waals surface area contributed by atoms with Crippen molar-refractivity contribution in [3.8, 4) is 5.75 Å². The van der Waals surface area contributed by atoms with E-state index in [2.05, 4.69) is 10.00 Å². The number of aromatic nitrogens is 2. The number of piperazine rings is 1. The second kappa shape index (κ2) is 6.74. The van der Waals surface area contributed by atoms with Gasteiger partial charge in [-0.05, 0) is 25.1 Å². The van der Waals surface area contributed by atoms with E-state index in [0.717, 1.165) is 5.69 Å². The van der Waals surface area contributed by atoms with Crippen molar-refractivity contribution in [3.63, 3.8) is 0 Å². The molecule has 1 aromatic carbocycles. The lowest BCUT2D eigenvalue weighted by Gasteiger charge is -2.36. The summed E-state index contributed by atoms with van der Waals surface area (Å²) in [6.45, 7) is 4.60. The van der Waals surface area contributed by atoms with Gasteiger partial charge in [-0.15, -0.1) is 0 Å². The van der Waals surface area contributed by atoms with Gasteiger partial charge in [-0.1, -0.05) is 12.1 Å². The molecule has 0 saturated carbocycles. The molecule has 0 bridgehead atoms. The average molecular weight is 328 g/mol. The predicted molar refractivity (Wildman–Crippen MR) is 90.4 cm³/mol. The van der Waals surface area contributed by atoms with Gasteiger partial charge in [0.15, 0.2) is 0 Å². The predicted octanol–water partition coefficient (Wildman–Crippen LogP) is 0.931. The van der Waals surface area contributed by atoms with Gasteiger partial charge in [0, 0.05) is 38.8 Å². The molecule has 1 fully saturated rings. The lowest BCUT2D eigenvalue weighted by molar-refractivity contribution is 0.0738. The summed E-state index contributed by atoms with van der Waals surface area (Å²) in [5.41, 5.74) is 0.855. The molecular weight excluding hydrogens is 308 g/mol. The van der Waals surface area contributed by atoms with Crippen LogP contribution in [0.25, 0.3) is 0 Å². The van der Waals surface area contributed by atoms with E-state index in [1.165, 1.54) is 16.8 Å². The molecule has 1 N–H and O–H groups in total. The molecule has 126 valence electrons. The number of phenols is 1. The quantitative estimate of drug-likeness (QED) is 0.907. The summed E-state index contributed by atoms with van der Waals surface area (Å²) in [5.74, 6) is 0.0723. The lowest BCUT2D eigenvalue weighted by Crippen LogP contribution is -2.49. The van der Waals surface area contributed by atoms with Crippen LogP contribution in [0.5, 0.6) is 5.75 Å². The third-order valence-corrected chi connectivity index (χ3v) is 4.17. The first-order valence-corrected chi connectivity index (χ1v) is 8.00. The number of para-hydroxylation sites is 2. The zero-order valence-corrected chi connectivity index (χ0v) is 13.6. The minimum atomic E-state index is -0.210. The molecule has 0 atom stereocenters. The first-order valence-electron chi connectivity index (χ1n) is 8.00. The number of amides is 1. The van der Waals surface area contributed by atoms with E-state index in [1.54, 1.807) is 17.0 Å². The molecule has 1 aliphatic rings. The summed E-state index contributed by atoms with van der Waals surface area (Å²) < 4.78 is 1.28. The summed E-state index contributed by atoms with van der Waals surface area (Å²) in [4.78, 5) is 27.9. The molecule has 1 aliphatic heterocycles. The summed E-state index contributed by atoms with van der Waals surface area (Å²) >= 11 is 0. The van der Waals surface area contributed by atoms with Gasteiger partial charge >= 0.3 is 0 Å². The third-order valence-electron chi connectivity index (χ3n) is 4.17. The number of hydrogen-bond acceptors (Lipinski definition) is 5. The number of carbonyl (C=O) groups is 1. The molecule has 2 heterocycles. The summed E-state index contributed by atoms with van der Waals surface area (Å²) in [6, 6.07) is 10.0. The Morgan fingerprint density at radius 1 is 1.12 bits per heavy atom. The maximum Gasteiger partial charge on any atom is 0.274 e. The van der Waals surface area contributed by atoms with Crippen LogP contribution in [-0.2, 0) is 6.54 Å². The molecule has 3 rings (SSSR count). The number of nitrogens with zero attached hydrogens (tertiary/aromatic N) is 4. The van der Waals surface area contributed by atoms with E-state index in [0.29, 0.717) is 32.7 Å². The molecule has 0 spiro atoms. The number of aromatic hydroxyl groups is 1. The van der Waals surface area contributed by atoms with Gasteiger partial charge in [0.25, 0.3) is 11.5 Å². The fourth-order valence-corrected chi connectivity index (χ4v) is 2.83. The number of hydrogen-bond donors (Lipinski definition) is 1. The van der Waals surface area contributed by atoms with E-state index in [4.69, 9.17) is 0 Å². The van der Waals surface area contributed by atoms with E-state index >= 15 is 0 Å².